The minimum Gasteiger partial charge on any atom is -0.491 e. The van der Waals surface area contributed by atoms with Crippen molar-refractivity contribution in [1.29, 1.82) is 0 Å². The third-order valence-corrected chi connectivity index (χ3v) is 3.03. The Hall–Kier alpha value is -2.00. The fourth-order valence-corrected chi connectivity index (χ4v) is 2.04. The molecule has 0 fully saturated rings. The zero-order chi connectivity index (χ0) is 14.9. The summed E-state index contributed by atoms with van der Waals surface area (Å²) in [5.41, 5.74) is 2.43. The molecule has 2 aromatic carbocycles. The number of ether oxygens (including phenoxy) is 1. The molecule has 0 amide bonds. The standard InChI is InChI=1S/C18H24N2O/c1-15(2)21-18-10-8-16(9-11-18)14-19-12-13-20-17-6-4-3-5-7-17/h3-11,15,19-20H,12-14H2,1-2H3. The monoisotopic (exact) mass is 284 g/mol. The molecule has 0 radical (unpaired) electrons. The van der Waals surface area contributed by atoms with Gasteiger partial charge in [0.05, 0.1) is 6.10 Å². The number of benzene rings is 2. The van der Waals surface area contributed by atoms with Crippen molar-refractivity contribution in [2.45, 2.75) is 26.5 Å². The predicted octanol–water partition coefficient (Wildman–Crippen LogP) is 3.68. The maximum Gasteiger partial charge on any atom is 0.119 e. The Labute approximate surface area is 127 Å². The molecule has 0 aliphatic carbocycles. The Balaban J connectivity index is 1.64. The van der Waals surface area contributed by atoms with Gasteiger partial charge in [0.1, 0.15) is 5.75 Å². The van der Waals surface area contributed by atoms with Gasteiger partial charge in [-0.2, -0.15) is 0 Å². The number of hydrogen-bond acceptors (Lipinski definition) is 3. The molecule has 0 aromatic heterocycles. The van der Waals surface area contributed by atoms with Crippen molar-refractivity contribution >= 4 is 5.69 Å². The number of rotatable bonds is 8. The fourth-order valence-electron chi connectivity index (χ4n) is 2.04. The van der Waals surface area contributed by atoms with Gasteiger partial charge < -0.3 is 15.4 Å². The van der Waals surface area contributed by atoms with Crippen LogP contribution in [0.1, 0.15) is 19.4 Å². The van der Waals surface area contributed by atoms with Crippen LogP contribution in [0, 0.1) is 0 Å². The summed E-state index contributed by atoms with van der Waals surface area (Å²) in [6.07, 6.45) is 0.220. The van der Waals surface area contributed by atoms with Crippen LogP contribution < -0.4 is 15.4 Å². The first kappa shape index (κ1) is 15.4. The van der Waals surface area contributed by atoms with E-state index >= 15 is 0 Å². The Morgan fingerprint density at radius 1 is 0.905 bits per heavy atom. The lowest BCUT2D eigenvalue weighted by Crippen LogP contribution is -2.21. The Bertz CT molecular complexity index is 509. The van der Waals surface area contributed by atoms with Crippen molar-refractivity contribution in [3.05, 3.63) is 60.2 Å². The molecule has 0 aliphatic rings. The molecule has 0 saturated heterocycles. The van der Waals surface area contributed by atoms with Crippen molar-refractivity contribution in [2.24, 2.45) is 0 Å². The third-order valence-electron chi connectivity index (χ3n) is 3.03. The van der Waals surface area contributed by atoms with Crippen molar-refractivity contribution in [2.75, 3.05) is 18.4 Å². The van der Waals surface area contributed by atoms with E-state index < -0.39 is 0 Å². The van der Waals surface area contributed by atoms with Crippen LogP contribution >= 0.6 is 0 Å². The zero-order valence-electron chi connectivity index (χ0n) is 12.8. The molecule has 0 aliphatic heterocycles. The molecule has 112 valence electrons. The molecule has 0 saturated carbocycles. The average Bonchev–Trinajstić information content (AvgIpc) is 2.49. The highest BCUT2D eigenvalue weighted by molar-refractivity contribution is 5.42. The van der Waals surface area contributed by atoms with Crippen LogP contribution in [0.25, 0.3) is 0 Å². The van der Waals surface area contributed by atoms with Gasteiger partial charge in [-0.25, -0.2) is 0 Å². The number of nitrogens with one attached hydrogen (secondary N) is 2. The normalized spacial score (nSPS) is 10.6. The smallest absolute Gasteiger partial charge is 0.119 e. The van der Waals surface area contributed by atoms with Crippen LogP contribution in [0.5, 0.6) is 5.75 Å². The van der Waals surface area contributed by atoms with Crippen LogP contribution in [-0.4, -0.2) is 19.2 Å². The number of para-hydroxylation sites is 1. The highest BCUT2D eigenvalue weighted by Crippen LogP contribution is 2.13. The van der Waals surface area contributed by atoms with Crippen molar-refractivity contribution in [1.82, 2.24) is 5.32 Å². The Kier molecular flexibility index (Phi) is 6.10. The van der Waals surface area contributed by atoms with Gasteiger partial charge in [-0.1, -0.05) is 30.3 Å². The van der Waals surface area contributed by atoms with Gasteiger partial charge in [0.2, 0.25) is 0 Å². The predicted molar refractivity (Wildman–Crippen MR) is 88.8 cm³/mol. The van der Waals surface area contributed by atoms with Gasteiger partial charge in [0, 0.05) is 25.3 Å². The molecule has 2 N–H and O–H groups in total. The average molecular weight is 284 g/mol. The van der Waals surface area contributed by atoms with Gasteiger partial charge in [-0.15, -0.1) is 0 Å². The summed E-state index contributed by atoms with van der Waals surface area (Å²) in [6.45, 7) is 6.79. The molecule has 0 unspecified atom stereocenters. The van der Waals surface area contributed by atoms with E-state index in [0.717, 1.165) is 31.1 Å². The van der Waals surface area contributed by atoms with Gasteiger partial charge in [-0.3, -0.25) is 0 Å². The lowest BCUT2D eigenvalue weighted by molar-refractivity contribution is 0.242. The topological polar surface area (TPSA) is 33.3 Å². The zero-order valence-corrected chi connectivity index (χ0v) is 12.8. The third kappa shape index (κ3) is 5.88. The summed E-state index contributed by atoms with van der Waals surface area (Å²) in [5.74, 6) is 0.930. The summed E-state index contributed by atoms with van der Waals surface area (Å²) < 4.78 is 5.63. The lowest BCUT2D eigenvalue weighted by atomic mass is 10.2. The van der Waals surface area contributed by atoms with Gasteiger partial charge >= 0.3 is 0 Å². The minimum atomic E-state index is 0.220. The van der Waals surface area contributed by atoms with Gasteiger partial charge in [-0.05, 0) is 43.7 Å². The largest absolute Gasteiger partial charge is 0.491 e. The summed E-state index contributed by atoms with van der Waals surface area (Å²) in [5, 5.41) is 6.81. The Morgan fingerprint density at radius 3 is 2.29 bits per heavy atom. The first-order chi connectivity index (χ1) is 10.2. The van der Waals surface area contributed by atoms with Crippen molar-refractivity contribution in [3.8, 4) is 5.75 Å². The van der Waals surface area contributed by atoms with E-state index in [1.807, 2.05) is 44.2 Å². The molecule has 3 nitrogen and oxygen atoms in total. The molecule has 0 atom stereocenters. The minimum absolute atomic E-state index is 0.220. The second-order valence-corrected chi connectivity index (χ2v) is 5.28. The van der Waals surface area contributed by atoms with Crippen LogP contribution in [0.4, 0.5) is 5.69 Å². The highest BCUT2D eigenvalue weighted by Gasteiger charge is 1.98. The molecular weight excluding hydrogens is 260 g/mol. The van der Waals surface area contributed by atoms with Crippen LogP contribution in [-0.2, 0) is 6.54 Å². The highest BCUT2D eigenvalue weighted by atomic mass is 16.5. The number of hydrogen-bond donors (Lipinski definition) is 2. The molecule has 3 heteroatoms. The van der Waals surface area contributed by atoms with E-state index in [9.17, 15) is 0 Å². The quantitative estimate of drug-likeness (QED) is 0.726. The second kappa shape index (κ2) is 8.32. The molecule has 21 heavy (non-hydrogen) atoms. The lowest BCUT2D eigenvalue weighted by Gasteiger charge is -2.11. The summed E-state index contributed by atoms with van der Waals surface area (Å²) >= 11 is 0. The van der Waals surface area contributed by atoms with Crippen LogP contribution in [0.3, 0.4) is 0 Å². The van der Waals surface area contributed by atoms with E-state index in [1.54, 1.807) is 0 Å². The molecular formula is C18H24N2O. The van der Waals surface area contributed by atoms with Crippen molar-refractivity contribution in [3.63, 3.8) is 0 Å². The van der Waals surface area contributed by atoms with Gasteiger partial charge in [0.15, 0.2) is 0 Å². The second-order valence-electron chi connectivity index (χ2n) is 5.28. The molecule has 2 aromatic rings. The molecule has 0 bridgehead atoms. The van der Waals surface area contributed by atoms with Crippen molar-refractivity contribution < 1.29 is 4.74 Å². The SMILES string of the molecule is CC(C)Oc1ccc(CNCCNc2ccccc2)cc1. The first-order valence-corrected chi connectivity index (χ1v) is 7.49. The van der Waals surface area contributed by atoms with E-state index in [4.69, 9.17) is 4.74 Å². The van der Waals surface area contributed by atoms with E-state index in [0.29, 0.717) is 0 Å². The molecule has 0 spiro atoms. The molecule has 2 rings (SSSR count). The van der Waals surface area contributed by atoms with E-state index in [-0.39, 0.29) is 6.10 Å². The summed E-state index contributed by atoms with van der Waals surface area (Å²) in [4.78, 5) is 0. The van der Waals surface area contributed by atoms with E-state index in [2.05, 4.69) is 34.9 Å². The Morgan fingerprint density at radius 2 is 1.62 bits per heavy atom. The van der Waals surface area contributed by atoms with E-state index in [1.165, 1.54) is 5.56 Å². The fraction of sp³-hybridized carbons (Fsp3) is 0.333. The summed E-state index contributed by atoms with van der Waals surface area (Å²) in [7, 11) is 0. The van der Waals surface area contributed by atoms with Gasteiger partial charge in [0.25, 0.3) is 0 Å². The maximum atomic E-state index is 5.63. The first-order valence-electron chi connectivity index (χ1n) is 7.49. The van der Waals surface area contributed by atoms with Crippen LogP contribution in [0.2, 0.25) is 0 Å². The number of anilines is 1. The van der Waals surface area contributed by atoms with Crippen LogP contribution in [0.15, 0.2) is 54.6 Å². The molecule has 0 heterocycles. The summed E-state index contributed by atoms with van der Waals surface area (Å²) in [6, 6.07) is 18.5. The maximum absolute atomic E-state index is 5.63.